The van der Waals surface area contributed by atoms with Gasteiger partial charge in [-0.2, -0.15) is 0 Å². The molecule has 1 amide bonds. The van der Waals surface area contributed by atoms with Crippen LogP contribution >= 0.6 is 0 Å². The van der Waals surface area contributed by atoms with Crippen molar-refractivity contribution in [3.63, 3.8) is 0 Å². The monoisotopic (exact) mass is 390 g/mol. The van der Waals surface area contributed by atoms with E-state index in [1.165, 1.54) is 11.1 Å². The molecule has 0 saturated carbocycles. The molecule has 2 aliphatic rings. The number of hydrogen-bond donors (Lipinski definition) is 2. The number of fused-ring (bicyclic) bond motifs is 3. The van der Waals surface area contributed by atoms with Crippen molar-refractivity contribution >= 4 is 11.6 Å². The zero-order valence-electron chi connectivity index (χ0n) is 17.3. The van der Waals surface area contributed by atoms with Gasteiger partial charge in [-0.25, -0.2) is 0 Å². The predicted molar refractivity (Wildman–Crippen MR) is 118 cm³/mol. The van der Waals surface area contributed by atoms with Crippen molar-refractivity contribution in [3.05, 3.63) is 71.3 Å². The van der Waals surface area contributed by atoms with Gasteiger partial charge >= 0.3 is 0 Å². The first-order valence-corrected chi connectivity index (χ1v) is 10.8. The lowest BCUT2D eigenvalue weighted by Gasteiger charge is -2.38. The van der Waals surface area contributed by atoms with Gasteiger partial charge in [0.1, 0.15) is 5.75 Å². The molecular weight excluding hydrogens is 360 g/mol. The number of anilines is 1. The van der Waals surface area contributed by atoms with Crippen LogP contribution in [0.1, 0.15) is 66.6 Å². The second kappa shape index (κ2) is 8.73. The van der Waals surface area contributed by atoms with Crippen LogP contribution in [0, 0.1) is 5.92 Å². The van der Waals surface area contributed by atoms with E-state index >= 15 is 0 Å². The number of para-hydroxylation sites is 1. The highest BCUT2D eigenvalue weighted by atomic mass is 16.5. The van der Waals surface area contributed by atoms with Crippen LogP contribution in [0.5, 0.6) is 5.75 Å². The molecule has 0 bridgehead atoms. The minimum atomic E-state index is 0.00803. The van der Waals surface area contributed by atoms with Gasteiger partial charge in [0, 0.05) is 12.5 Å². The van der Waals surface area contributed by atoms with E-state index in [1.54, 1.807) is 0 Å². The number of allylic oxidation sites excluding steroid dienone is 2. The highest BCUT2D eigenvalue weighted by Gasteiger charge is 2.39. The van der Waals surface area contributed by atoms with E-state index in [-0.39, 0.29) is 11.9 Å². The molecule has 3 atom stereocenters. The maximum absolute atomic E-state index is 12.9. The molecule has 29 heavy (non-hydrogen) atoms. The molecule has 4 heteroatoms. The van der Waals surface area contributed by atoms with E-state index in [0.29, 0.717) is 25.0 Å². The van der Waals surface area contributed by atoms with E-state index in [4.69, 9.17) is 4.74 Å². The van der Waals surface area contributed by atoms with E-state index in [0.717, 1.165) is 36.3 Å². The number of carbonyl (C=O) groups is 1. The molecule has 1 aliphatic heterocycles. The van der Waals surface area contributed by atoms with Crippen LogP contribution in [0.15, 0.2) is 54.6 Å². The maximum Gasteiger partial charge on any atom is 0.253 e. The number of carbonyl (C=O) groups excluding carboxylic acids is 1. The minimum Gasteiger partial charge on any atom is -0.494 e. The summed E-state index contributed by atoms with van der Waals surface area (Å²) in [6, 6.07) is 14.6. The first-order chi connectivity index (χ1) is 14.2. The lowest BCUT2D eigenvalue weighted by atomic mass is 9.76. The molecule has 1 aliphatic carbocycles. The number of nitrogens with one attached hydrogen (secondary N) is 2. The summed E-state index contributed by atoms with van der Waals surface area (Å²) in [4.78, 5) is 12.9. The third-order valence-electron chi connectivity index (χ3n) is 6.01. The lowest BCUT2D eigenvalue weighted by Crippen LogP contribution is -2.32. The first kappa shape index (κ1) is 19.6. The van der Waals surface area contributed by atoms with E-state index in [1.807, 2.05) is 31.2 Å². The summed E-state index contributed by atoms with van der Waals surface area (Å²) in [5, 5.41) is 6.81. The van der Waals surface area contributed by atoms with E-state index in [9.17, 15) is 4.79 Å². The Morgan fingerprint density at radius 2 is 2.00 bits per heavy atom. The molecular formula is C25H30N2O2. The van der Waals surface area contributed by atoms with Gasteiger partial charge in [0.25, 0.3) is 5.91 Å². The minimum absolute atomic E-state index is 0.00803. The summed E-state index contributed by atoms with van der Waals surface area (Å²) >= 11 is 0. The third-order valence-corrected chi connectivity index (χ3v) is 6.01. The van der Waals surface area contributed by atoms with Crippen molar-refractivity contribution < 1.29 is 9.53 Å². The molecule has 2 aromatic carbocycles. The first-order valence-electron chi connectivity index (χ1n) is 10.8. The number of unbranched alkanes of at least 4 members (excludes halogenated alkanes) is 1. The summed E-state index contributed by atoms with van der Waals surface area (Å²) < 4.78 is 5.60. The Bertz CT molecular complexity index is 888. The van der Waals surface area contributed by atoms with Gasteiger partial charge in [0.15, 0.2) is 0 Å². The third kappa shape index (κ3) is 3.89. The van der Waals surface area contributed by atoms with Gasteiger partial charge in [-0.15, -0.1) is 0 Å². The Kier molecular flexibility index (Phi) is 5.89. The van der Waals surface area contributed by atoms with Crippen molar-refractivity contribution in [1.82, 2.24) is 5.32 Å². The van der Waals surface area contributed by atoms with Gasteiger partial charge in [0.2, 0.25) is 0 Å². The van der Waals surface area contributed by atoms with Crippen molar-refractivity contribution in [3.8, 4) is 5.75 Å². The van der Waals surface area contributed by atoms with E-state index in [2.05, 4.69) is 47.9 Å². The quantitative estimate of drug-likeness (QED) is 0.489. The van der Waals surface area contributed by atoms with Gasteiger partial charge in [-0.05, 0) is 55.0 Å². The number of amides is 1. The van der Waals surface area contributed by atoms with Gasteiger partial charge in [0.05, 0.1) is 23.9 Å². The summed E-state index contributed by atoms with van der Waals surface area (Å²) in [5.74, 6) is 1.70. The second-order valence-electron chi connectivity index (χ2n) is 7.86. The fraction of sp³-hybridized carbons (Fsp3) is 0.400. The molecule has 152 valence electrons. The van der Waals surface area contributed by atoms with Crippen LogP contribution < -0.4 is 15.4 Å². The van der Waals surface area contributed by atoms with Crippen LogP contribution in [0.25, 0.3) is 0 Å². The van der Waals surface area contributed by atoms with Crippen LogP contribution in [0.4, 0.5) is 5.69 Å². The second-order valence-corrected chi connectivity index (χ2v) is 7.86. The smallest absolute Gasteiger partial charge is 0.253 e. The molecule has 4 nitrogen and oxygen atoms in total. The largest absolute Gasteiger partial charge is 0.494 e. The zero-order chi connectivity index (χ0) is 20.2. The summed E-state index contributed by atoms with van der Waals surface area (Å²) in [5.41, 5.74) is 4.19. The summed E-state index contributed by atoms with van der Waals surface area (Å²) in [7, 11) is 0. The maximum atomic E-state index is 12.9. The standard InChI is InChI=1S/C25H30N2O2/c1-3-5-16-26-25(28)22-11-7-10-21-19-8-6-9-20(19)23(27-24(21)22)17-12-14-18(15-13-17)29-4-2/h6-8,10-15,19-20,23,27H,3-5,9,16H2,1-2H3,(H,26,28). The Morgan fingerprint density at radius 3 is 2.76 bits per heavy atom. The molecule has 0 aromatic heterocycles. The van der Waals surface area contributed by atoms with Crippen molar-refractivity contribution in [2.75, 3.05) is 18.5 Å². The average Bonchev–Trinajstić information content (AvgIpc) is 3.24. The van der Waals surface area contributed by atoms with Crippen LogP contribution in [-0.4, -0.2) is 19.1 Å². The molecule has 4 rings (SSSR count). The molecule has 2 aromatic rings. The average molecular weight is 391 g/mol. The molecule has 0 fully saturated rings. The SMILES string of the molecule is CCCCNC(=O)c1cccc2c1NC(c1ccc(OCC)cc1)C1CC=CC21. The fourth-order valence-electron chi connectivity index (χ4n) is 4.55. The topological polar surface area (TPSA) is 50.4 Å². The predicted octanol–water partition coefficient (Wildman–Crippen LogP) is 5.44. The number of benzene rings is 2. The normalized spacial score (nSPS) is 21.8. The van der Waals surface area contributed by atoms with Crippen molar-refractivity contribution in [2.45, 2.75) is 45.1 Å². The van der Waals surface area contributed by atoms with Crippen molar-refractivity contribution in [1.29, 1.82) is 0 Å². The Labute approximate surface area is 173 Å². The highest BCUT2D eigenvalue weighted by Crippen LogP contribution is 2.50. The Hall–Kier alpha value is -2.75. The highest BCUT2D eigenvalue weighted by molar-refractivity contribution is 6.00. The lowest BCUT2D eigenvalue weighted by molar-refractivity contribution is 0.0953. The Balaban J connectivity index is 1.65. The summed E-state index contributed by atoms with van der Waals surface area (Å²) in [6.45, 7) is 5.51. The van der Waals surface area contributed by atoms with Crippen LogP contribution in [-0.2, 0) is 0 Å². The van der Waals surface area contributed by atoms with Crippen LogP contribution in [0.3, 0.4) is 0 Å². The van der Waals surface area contributed by atoms with Gasteiger partial charge in [-0.1, -0.05) is 49.8 Å². The molecule has 2 N–H and O–H groups in total. The molecule has 0 spiro atoms. The number of hydrogen-bond acceptors (Lipinski definition) is 3. The van der Waals surface area contributed by atoms with Crippen LogP contribution in [0.2, 0.25) is 0 Å². The molecule has 0 radical (unpaired) electrons. The Morgan fingerprint density at radius 1 is 1.17 bits per heavy atom. The summed E-state index contributed by atoms with van der Waals surface area (Å²) in [6.07, 6.45) is 7.70. The number of ether oxygens (including phenoxy) is 1. The fourth-order valence-corrected chi connectivity index (χ4v) is 4.55. The zero-order valence-corrected chi connectivity index (χ0v) is 17.3. The van der Waals surface area contributed by atoms with Gasteiger partial charge < -0.3 is 15.4 Å². The van der Waals surface area contributed by atoms with Crippen molar-refractivity contribution in [2.24, 2.45) is 5.92 Å². The molecule has 3 unspecified atom stereocenters. The van der Waals surface area contributed by atoms with E-state index < -0.39 is 0 Å². The number of rotatable bonds is 7. The van der Waals surface area contributed by atoms with Gasteiger partial charge in [-0.3, -0.25) is 4.79 Å². The molecule has 0 saturated heterocycles. The molecule has 1 heterocycles.